The number of hydrogen-bond acceptors (Lipinski definition) is 5. The van der Waals surface area contributed by atoms with Crippen molar-refractivity contribution >= 4 is 5.78 Å². The van der Waals surface area contributed by atoms with Crippen LogP contribution in [0.15, 0.2) is 54.7 Å². The average Bonchev–Trinajstić information content (AvgIpc) is 3.25. The number of ether oxygens (including phenoxy) is 2. The van der Waals surface area contributed by atoms with Gasteiger partial charge in [0.1, 0.15) is 18.2 Å². The molecule has 1 aliphatic rings. The van der Waals surface area contributed by atoms with E-state index in [1.54, 1.807) is 30.3 Å². The third-order valence-corrected chi connectivity index (χ3v) is 4.89. The lowest BCUT2D eigenvalue weighted by atomic mass is 10.0. The molecule has 1 aromatic heterocycles. The summed E-state index contributed by atoms with van der Waals surface area (Å²) in [5.74, 6) is 0.149. The van der Waals surface area contributed by atoms with Gasteiger partial charge in [-0.25, -0.2) is 4.39 Å². The molecule has 0 amide bonds. The molecule has 3 aromatic rings. The maximum atomic E-state index is 13.2. The molecule has 1 fully saturated rings. The number of nitrogens with zero attached hydrogens (tertiary/aromatic N) is 2. The number of morpholine rings is 1. The van der Waals surface area contributed by atoms with Crippen molar-refractivity contribution in [1.82, 2.24) is 15.1 Å². The van der Waals surface area contributed by atoms with E-state index >= 15 is 0 Å². The van der Waals surface area contributed by atoms with Gasteiger partial charge in [-0.05, 0) is 36.4 Å². The fourth-order valence-corrected chi connectivity index (χ4v) is 3.29. The van der Waals surface area contributed by atoms with E-state index in [-0.39, 0.29) is 11.6 Å². The lowest BCUT2D eigenvalue weighted by Gasteiger charge is -2.26. The zero-order chi connectivity index (χ0) is 20.1. The van der Waals surface area contributed by atoms with Crippen molar-refractivity contribution in [2.24, 2.45) is 0 Å². The Morgan fingerprint density at radius 2 is 1.97 bits per heavy atom. The maximum absolute atomic E-state index is 13.2. The van der Waals surface area contributed by atoms with E-state index in [0.29, 0.717) is 34.7 Å². The van der Waals surface area contributed by atoms with Crippen molar-refractivity contribution in [3.05, 3.63) is 71.7 Å². The predicted octanol–water partition coefficient (Wildman–Crippen LogP) is 3.16. The molecule has 2 heterocycles. The van der Waals surface area contributed by atoms with Gasteiger partial charge < -0.3 is 9.47 Å². The molecule has 0 aliphatic carbocycles. The van der Waals surface area contributed by atoms with Gasteiger partial charge in [-0.2, -0.15) is 5.10 Å². The summed E-state index contributed by atoms with van der Waals surface area (Å²) in [6, 6.07) is 13.1. The number of carbonyl (C=O) groups excluding carboxylic acids is 1. The van der Waals surface area contributed by atoms with Gasteiger partial charge >= 0.3 is 0 Å². The summed E-state index contributed by atoms with van der Waals surface area (Å²) in [5, 5.41) is 6.84. The van der Waals surface area contributed by atoms with Crippen LogP contribution in [0.1, 0.15) is 15.9 Å². The minimum Gasteiger partial charge on any atom is -0.492 e. The molecule has 7 heteroatoms. The van der Waals surface area contributed by atoms with E-state index in [1.165, 1.54) is 18.3 Å². The van der Waals surface area contributed by atoms with E-state index in [1.807, 2.05) is 6.07 Å². The van der Waals surface area contributed by atoms with E-state index in [2.05, 4.69) is 15.1 Å². The molecule has 0 spiro atoms. The Hall–Kier alpha value is -3.03. The second-order valence-corrected chi connectivity index (χ2v) is 6.83. The highest BCUT2D eigenvalue weighted by molar-refractivity contribution is 6.12. The topological polar surface area (TPSA) is 67.4 Å². The standard InChI is InChI=1S/C22H22FN3O3/c23-18-6-4-16(5-7-18)21-20(15-24-25-21)22(27)17-2-1-3-19(14-17)29-13-10-26-8-11-28-12-9-26/h1-7,14-15H,8-13H2,(H,24,25). The van der Waals surface area contributed by atoms with Crippen LogP contribution in [0.4, 0.5) is 4.39 Å². The first-order valence-corrected chi connectivity index (χ1v) is 9.58. The second-order valence-electron chi connectivity index (χ2n) is 6.83. The lowest BCUT2D eigenvalue weighted by Crippen LogP contribution is -2.38. The predicted molar refractivity (Wildman–Crippen MR) is 107 cm³/mol. The molecule has 0 radical (unpaired) electrons. The number of ketones is 1. The van der Waals surface area contributed by atoms with Crippen molar-refractivity contribution in [1.29, 1.82) is 0 Å². The Balaban J connectivity index is 1.45. The number of halogens is 1. The molecular weight excluding hydrogens is 373 g/mol. The van der Waals surface area contributed by atoms with Gasteiger partial charge in [-0.3, -0.25) is 14.8 Å². The monoisotopic (exact) mass is 395 g/mol. The number of aromatic nitrogens is 2. The van der Waals surface area contributed by atoms with Crippen LogP contribution in [0.5, 0.6) is 5.75 Å². The minimum absolute atomic E-state index is 0.170. The molecule has 0 atom stereocenters. The molecular formula is C22H22FN3O3. The highest BCUT2D eigenvalue weighted by Gasteiger charge is 2.18. The van der Waals surface area contributed by atoms with Gasteiger partial charge in [0, 0.05) is 30.8 Å². The largest absolute Gasteiger partial charge is 0.492 e. The molecule has 1 saturated heterocycles. The van der Waals surface area contributed by atoms with Crippen LogP contribution in [-0.2, 0) is 4.74 Å². The van der Waals surface area contributed by atoms with E-state index < -0.39 is 0 Å². The van der Waals surface area contributed by atoms with Gasteiger partial charge in [0.15, 0.2) is 5.78 Å². The van der Waals surface area contributed by atoms with Gasteiger partial charge in [-0.1, -0.05) is 12.1 Å². The molecule has 150 valence electrons. The van der Waals surface area contributed by atoms with Crippen LogP contribution in [0.2, 0.25) is 0 Å². The number of hydrogen-bond donors (Lipinski definition) is 1. The van der Waals surface area contributed by atoms with Crippen LogP contribution >= 0.6 is 0 Å². The Morgan fingerprint density at radius 3 is 2.76 bits per heavy atom. The van der Waals surface area contributed by atoms with Crippen LogP contribution in [-0.4, -0.2) is 60.3 Å². The van der Waals surface area contributed by atoms with Crippen LogP contribution in [0.3, 0.4) is 0 Å². The summed E-state index contributed by atoms with van der Waals surface area (Å²) in [4.78, 5) is 15.3. The quantitative estimate of drug-likeness (QED) is 0.623. The number of aromatic amines is 1. The SMILES string of the molecule is O=C(c1cccc(OCCN2CCOCC2)c1)c1cn[nH]c1-c1ccc(F)cc1. The zero-order valence-electron chi connectivity index (χ0n) is 15.9. The molecule has 0 saturated carbocycles. The average molecular weight is 395 g/mol. The molecule has 6 nitrogen and oxygen atoms in total. The Kier molecular flexibility index (Phi) is 5.97. The van der Waals surface area contributed by atoms with Crippen LogP contribution < -0.4 is 4.74 Å². The first kappa shape index (κ1) is 19.3. The summed E-state index contributed by atoms with van der Waals surface area (Å²) in [6.45, 7) is 4.70. The molecule has 1 aliphatic heterocycles. The number of benzene rings is 2. The highest BCUT2D eigenvalue weighted by atomic mass is 19.1. The minimum atomic E-state index is -0.330. The number of carbonyl (C=O) groups is 1. The summed E-state index contributed by atoms with van der Waals surface area (Å²) < 4.78 is 24.4. The summed E-state index contributed by atoms with van der Waals surface area (Å²) in [6.07, 6.45) is 1.49. The van der Waals surface area contributed by atoms with E-state index in [9.17, 15) is 9.18 Å². The Labute approximate surface area is 168 Å². The van der Waals surface area contributed by atoms with Crippen LogP contribution in [0.25, 0.3) is 11.3 Å². The normalized spacial score (nSPS) is 14.7. The molecule has 2 aromatic carbocycles. The summed E-state index contributed by atoms with van der Waals surface area (Å²) >= 11 is 0. The fourth-order valence-electron chi connectivity index (χ4n) is 3.29. The molecule has 1 N–H and O–H groups in total. The van der Waals surface area contributed by atoms with Gasteiger partial charge in [0.05, 0.1) is 30.7 Å². The molecule has 29 heavy (non-hydrogen) atoms. The van der Waals surface area contributed by atoms with Gasteiger partial charge in [0.2, 0.25) is 0 Å². The first-order chi connectivity index (χ1) is 14.2. The highest BCUT2D eigenvalue weighted by Crippen LogP contribution is 2.25. The van der Waals surface area contributed by atoms with Crippen molar-refractivity contribution in [3.63, 3.8) is 0 Å². The first-order valence-electron chi connectivity index (χ1n) is 9.58. The number of nitrogens with one attached hydrogen (secondary N) is 1. The maximum Gasteiger partial charge on any atom is 0.196 e. The lowest BCUT2D eigenvalue weighted by molar-refractivity contribution is 0.0322. The van der Waals surface area contributed by atoms with Gasteiger partial charge in [0.25, 0.3) is 0 Å². The second kappa shape index (κ2) is 8.98. The summed E-state index contributed by atoms with van der Waals surface area (Å²) in [7, 11) is 0. The third kappa shape index (κ3) is 4.70. The number of H-pyrrole nitrogens is 1. The summed E-state index contributed by atoms with van der Waals surface area (Å²) in [5.41, 5.74) is 2.21. The molecule has 0 bridgehead atoms. The van der Waals surface area contributed by atoms with Crippen LogP contribution in [0, 0.1) is 5.82 Å². The van der Waals surface area contributed by atoms with E-state index in [0.717, 1.165) is 32.8 Å². The van der Waals surface area contributed by atoms with Gasteiger partial charge in [-0.15, -0.1) is 0 Å². The Bertz CT molecular complexity index is 965. The Morgan fingerprint density at radius 1 is 1.17 bits per heavy atom. The zero-order valence-corrected chi connectivity index (χ0v) is 15.9. The number of rotatable bonds is 7. The van der Waals surface area contributed by atoms with Crippen molar-refractivity contribution in [2.45, 2.75) is 0 Å². The fraction of sp³-hybridized carbons (Fsp3) is 0.273. The third-order valence-electron chi connectivity index (χ3n) is 4.89. The molecule has 0 unspecified atom stereocenters. The van der Waals surface area contributed by atoms with Crippen molar-refractivity contribution in [2.75, 3.05) is 39.5 Å². The smallest absolute Gasteiger partial charge is 0.196 e. The van der Waals surface area contributed by atoms with E-state index in [4.69, 9.17) is 9.47 Å². The molecule has 4 rings (SSSR count). The van der Waals surface area contributed by atoms with Crippen molar-refractivity contribution in [3.8, 4) is 17.0 Å². The van der Waals surface area contributed by atoms with Crippen molar-refractivity contribution < 1.29 is 18.7 Å².